The van der Waals surface area contributed by atoms with Gasteiger partial charge in [0.05, 0.1) is 6.61 Å². The molecule has 0 aromatic carbocycles. The molecule has 18 heavy (non-hydrogen) atoms. The number of amides is 1. The van der Waals surface area contributed by atoms with Gasteiger partial charge in [0.15, 0.2) is 0 Å². The minimum Gasteiger partial charge on any atom is -0.466 e. The lowest BCUT2D eigenvalue weighted by atomic mass is 9.96. The molecule has 1 aliphatic rings. The zero-order chi connectivity index (χ0) is 13.4. The molecule has 5 heteroatoms. The Balaban J connectivity index is 2.20. The van der Waals surface area contributed by atoms with Gasteiger partial charge in [-0.1, -0.05) is 0 Å². The zero-order valence-corrected chi connectivity index (χ0v) is 11.3. The molecule has 0 spiro atoms. The molecule has 0 atom stereocenters. The molecule has 0 N–H and O–H groups in total. The van der Waals surface area contributed by atoms with E-state index in [-0.39, 0.29) is 12.3 Å². The SMILES string of the molecule is CCOC(=O)CC(=O)N(C)CCC1CCOCC1. The van der Waals surface area contributed by atoms with Crippen LogP contribution in [0.1, 0.15) is 32.6 Å². The van der Waals surface area contributed by atoms with Crippen molar-refractivity contribution in [3.8, 4) is 0 Å². The van der Waals surface area contributed by atoms with Crippen molar-refractivity contribution in [2.45, 2.75) is 32.6 Å². The number of carbonyl (C=O) groups excluding carboxylic acids is 2. The van der Waals surface area contributed by atoms with Crippen molar-refractivity contribution in [2.75, 3.05) is 33.4 Å². The molecule has 0 unspecified atom stereocenters. The van der Waals surface area contributed by atoms with Gasteiger partial charge in [-0.25, -0.2) is 0 Å². The second-order valence-electron chi connectivity index (χ2n) is 4.64. The van der Waals surface area contributed by atoms with Crippen LogP contribution in [0.4, 0.5) is 0 Å². The van der Waals surface area contributed by atoms with Crippen molar-refractivity contribution < 1.29 is 19.1 Å². The van der Waals surface area contributed by atoms with E-state index in [0.29, 0.717) is 19.1 Å². The Morgan fingerprint density at radius 3 is 2.61 bits per heavy atom. The lowest BCUT2D eigenvalue weighted by Gasteiger charge is -2.24. The average molecular weight is 257 g/mol. The number of carbonyl (C=O) groups is 2. The molecule has 1 saturated heterocycles. The fourth-order valence-corrected chi connectivity index (χ4v) is 2.01. The Kier molecular flexibility index (Phi) is 6.72. The van der Waals surface area contributed by atoms with Crippen LogP contribution in [0.15, 0.2) is 0 Å². The molecule has 0 aromatic rings. The highest BCUT2D eigenvalue weighted by atomic mass is 16.5. The Bertz CT molecular complexity index is 274. The second kappa shape index (κ2) is 8.08. The first kappa shape index (κ1) is 15.0. The van der Waals surface area contributed by atoms with E-state index in [4.69, 9.17) is 9.47 Å². The molecule has 0 aromatic heterocycles. The number of esters is 1. The fraction of sp³-hybridized carbons (Fsp3) is 0.846. The summed E-state index contributed by atoms with van der Waals surface area (Å²) in [5.74, 6) is 0.0255. The molecule has 1 amide bonds. The summed E-state index contributed by atoms with van der Waals surface area (Å²) < 4.78 is 10.0. The van der Waals surface area contributed by atoms with Gasteiger partial charge in [0.1, 0.15) is 6.42 Å². The maximum absolute atomic E-state index is 11.7. The topological polar surface area (TPSA) is 55.8 Å². The lowest BCUT2D eigenvalue weighted by molar-refractivity contribution is -0.148. The molecule has 1 rings (SSSR count). The third kappa shape index (κ3) is 5.49. The van der Waals surface area contributed by atoms with Crippen molar-refractivity contribution >= 4 is 11.9 Å². The van der Waals surface area contributed by atoms with Crippen molar-refractivity contribution in [3.05, 3.63) is 0 Å². The third-order valence-corrected chi connectivity index (χ3v) is 3.24. The maximum atomic E-state index is 11.7. The van der Waals surface area contributed by atoms with E-state index in [1.54, 1.807) is 18.9 Å². The van der Waals surface area contributed by atoms with Gasteiger partial charge in [0, 0.05) is 26.8 Å². The van der Waals surface area contributed by atoms with Crippen LogP contribution in [0.2, 0.25) is 0 Å². The van der Waals surface area contributed by atoms with Gasteiger partial charge in [0.2, 0.25) is 5.91 Å². The van der Waals surface area contributed by atoms with E-state index in [9.17, 15) is 9.59 Å². The molecule has 5 nitrogen and oxygen atoms in total. The Morgan fingerprint density at radius 2 is 2.00 bits per heavy atom. The molecule has 0 aliphatic carbocycles. The van der Waals surface area contributed by atoms with E-state index < -0.39 is 5.97 Å². The molecular weight excluding hydrogens is 234 g/mol. The van der Waals surface area contributed by atoms with Crippen LogP contribution in [0.3, 0.4) is 0 Å². The van der Waals surface area contributed by atoms with Gasteiger partial charge in [-0.2, -0.15) is 0 Å². The third-order valence-electron chi connectivity index (χ3n) is 3.24. The lowest BCUT2D eigenvalue weighted by Crippen LogP contribution is -2.31. The highest BCUT2D eigenvalue weighted by molar-refractivity contribution is 5.94. The fourth-order valence-electron chi connectivity index (χ4n) is 2.01. The second-order valence-corrected chi connectivity index (χ2v) is 4.64. The van der Waals surface area contributed by atoms with Crippen molar-refractivity contribution in [3.63, 3.8) is 0 Å². The van der Waals surface area contributed by atoms with Gasteiger partial charge >= 0.3 is 5.97 Å². The van der Waals surface area contributed by atoms with Gasteiger partial charge in [-0.05, 0) is 32.1 Å². The van der Waals surface area contributed by atoms with E-state index in [1.807, 2.05) is 0 Å². The summed E-state index contributed by atoms with van der Waals surface area (Å²) in [6, 6.07) is 0. The van der Waals surface area contributed by atoms with Gasteiger partial charge in [0.25, 0.3) is 0 Å². The summed E-state index contributed by atoms with van der Waals surface area (Å²) in [5, 5.41) is 0. The highest BCUT2D eigenvalue weighted by Gasteiger charge is 2.18. The normalized spacial score (nSPS) is 16.3. The quantitative estimate of drug-likeness (QED) is 0.530. The predicted octanol–water partition coefficient (Wildman–Crippen LogP) is 1.21. The number of nitrogens with zero attached hydrogens (tertiary/aromatic N) is 1. The molecule has 104 valence electrons. The van der Waals surface area contributed by atoms with E-state index in [2.05, 4.69) is 0 Å². The number of rotatable bonds is 6. The predicted molar refractivity (Wildman–Crippen MR) is 67.0 cm³/mol. The van der Waals surface area contributed by atoms with E-state index in [0.717, 1.165) is 32.5 Å². The summed E-state index contributed by atoms with van der Waals surface area (Å²) in [6.45, 7) is 4.40. The summed E-state index contributed by atoms with van der Waals surface area (Å²) in [7, 11) is 1.74. The largest absolute Gasteiger partial charge is 0.466 e. The molecule has 0 radical (unpaired) electrons. The van der Waals surface area contributed by atoms with Gasteiger partial charge < -0.3 is 14.4 Å². The summed E-state index contributed by atoms with van der Waals surface area (Å²) in [6.07, 6.45) is 2.96. The molecular formula is C13H23NO4. The monoisotopic (exact) mass is 257 g/mol. The molecule has 1 heterocycles. The summed E-state index contributed by atoms with van der Waals surface area (Å²) in [4.78, 5) is 24.5. The molecule has 1 aliphatic heterocycles. The Morgan fingerprint density at radius 1 is 1.33 bits per heavy atom. The van der Waals surface area contributed by atoms with Crippen molar-refractivity contribution in [1.29, 1.82) is 0 Å². The molecule has 0 saturated carbocycles. The van der Waals surface area contributed by atoms with Crippen molar-refractivity contribution in [2.24, 2.45) is 5.92 Å². The van der Waals surface area contributed by atoms with Gasteiger partial charge in [-0.3, -0.25) is 9.59 Å². The van der Waals surface area contributed by atoms with Gasteiger partial charge in [-0.15, -0.1) is 0 Å². The maximum Gasteiger partial charge on any atom is 0.315 e. The van der Waals surface area contributed by atoms with Crippen LogP contribution < -0.4 is 0 Å². The van der Waals surface area contributed by atoms with E-state index in [1.165, 1.54) is 0 Å². The van der Waals surface area contributed by atoms with Crippen LogP contribution in [0.5, 0.6) is 0 Å². The molecule has 0 bridgehead atoms. The number of ether oxygens (including phenoxy) is 2. The van der Waals surface area contributed by atoms with E-state index >= 15 is 0 Å². The number of hydrogen-bond acceptors (Lipinski definition) is 4. The van der Waals surface area contributed by atoms with Crippen LogP contribution in [0.25, 0.3) is 0 Å². The van der Waals surface area contributed by atoms with Crippen LogP contribution in [0, 0.1) is 5.92 Å². The average Bonchev–Trinajstić information content (AvgIpc) is 2.37. The van der Waals surface area contributed by atoms with Crippen LogP contribution in [-0.4, -0.2) is 50.2 Å². The summed E-state index contributed by atoms with van der Waals surface area (Å²) in [5.41, 5.74) is 0. The Labute approximate surface area is 108 Å². The van der Waals surface area contributed by atoms with Crippen molar-refractivity contribution in [1.82, 2.24) is 4.90 Å². The summed E-state index contributed by atoms with van der Waals surface area (Å²) >= 11 is 0. The van der Waals surface area contributed by atoms with Crippen LogP contribution >= 0.6 is 0 Å². The standard InChI is InChI=1S/C13H23NO4/c1-3-18-13(16)10-12(15)14(2)7-4-11-5-8-17-9-6-11/h11H,3-10H2,1-2H3. The highest BCUT2D eigenvalue weighted by Crippen LogP contribution is 2.18. The minimum atomic E-state index is -0.444. The number of hydrogen-bond donors (Lipinski definition) is 0. The van der Waals surface area contributed by atoms with Crippen LogP contribution in [-0.2, 0) is 19.1 Å². The smallest absolute Gasteiger partial charge is 0.315 e. The first-order chi connectivity index (χ1) is 8.63. The zero-order valence-electron chi connectivity index (χ0n) is 11.3. The first-order valence-electron chi connectivity index (χ1n) is 6.60. The Hall–Kier alpha value is -1.10. The first-order valence-corrected chi connectivity index (χ1v) is 6.60. The molecule has 1 fully saturated rings. The minimum absolute atomic E-state index is 0.155.